The van der Waals surface area contributed by atoms with Gasteiger partial charge in [-0.1, -0.05) is 46.2 Å². The van der Waals surface area contributed by atoms with Gasteiger partial charge in [-0.3, -0.25) is 14.4 Å². The summed E-state index contributed by atoms with van der Waals surface area (Å²) < 4.78 is 16.6. The fourth-order valence-corrected chi connectivity index (χ4v) is 6.82. The fourth-order valence-electron chi connectivity index (χ4n) is 6.57. The van der Waals surface area contributed by atoms with Crippen LogP contribution < -0.4 is 10.9 Å². The summed E-state index contributed by atoms with van der Waals surface area (Å²) in [5, 5.41) is 15.3. The average molecular weight is 566 g/mol. The quantitative estimate of drug-likeness (QED) is 0.359. The number of carbonyl (C=O) groups excluding carboxylic acids is 2. The van der Waals surface area contributed by atoms with Gasteiger partial charge in [-0.2, -0.15) is 0 Å². The highest BCUT2D eigenvalue weighted by Gasteiger charge is 2.44. The van der Waals surface area contributed by atoms with Crippen molar-refractivity contribution in [2.24, 2.45) is 11.3 Å². The van der Waals surface area contributed by atoms with Crippen molar-refractivity contribution in [2.45, 2.75) is 84.9 Å². The van der Waals surface area contributed by atoms with E-state index in [4.69, 9.17) is 16.6 Å². The van der Waals surface area contributed by atoms with Gasteiger partial charge in [-0.05, 0) is 48.3 Å². The maximum atomic E-state index is 15.0. The first kappa shape index (κ1) is 27.1. The summed E-state index contributed by atoms with van der Waals surface area (Å²) in [7, 11) is 0. The van der Waals surface area contributed by atoms with Crippen molar-refractivity contribution in [1.29, 1.82) is 0 Å². The SMILES string of the molecule is CC[C@@]1(O)C(=O)CCc2c1cc1n(c2=O)Cc2c-1nc1cc(F)c(Cl)c3c1c2[C@@H](NC(=O)[C@@H](C)C(C)(C)C)CC3. The van der Waals surface area contributed by atoms with E-state index in [0.717, 1.165) is 16.5 Å². The highest BCUT2D eigenvalue weighted by molar-refractivity contribution is 6.32. The Morgan fingerprint density at radius 3 is 2.62 bits per heavy atom. The van der Waals surface area contributed by atoms with E-state index in [1.54, 1.807) is 17.6 Å². The molecule has 2 aliphatic carbocycles. The lowest BCUT2D eigenvalue weighted by Gasteiger charge is -2.32. The summed E-state index contributed by atoms with van der Waals surface area (Å²) in [6.07, 6.45) is 1.52. The van der Waals surface area contributed by atoms with Crippen LogP contribution in [0.25, 0.3) is 22.3 Å². The number of amides is 1. The van der Waals surface area contributed by atoms with E-state index in [9.17, 15) is 23.9 Å². The molecule has 9 heteroatoms. The lowest BCUT2D eigenvalue weighted by atomic mass is 9.77. The Morgan fingerprint density at radius 2 is 1.95 bits per heavy atom. The topological polar surface area (TPSA) is 101 Å². The van der Waals surface area contributed by atoms with Crippen molar-refractivity contribution in [1.82, 2.24) is 14.9 Å². The maximum absolute atomic E-state index is 15.0. The van der Waals surface area contributed by atoms with E-state index < -0.39 is 11.4 Å². The van der Waals surface area contributed by atoms with Gasteiger partial charge in [-0.15, -0.1) is 0 Å². The number of pyridine rings is 2. The number of nitrogens with zero attached hydrogens (tertiary/aromatic N) is 2. The predicted octanol–water partition coefficient (Wildman–Crippen LogP) is 5.12. The largest absolute Gasteiger partial charge is 0.377 e. The average Bonchev–Trinajstić information content (AvgIpc) is 3.27. The van der Waals surface area contributed by atoms with Gasteiger partial charge >= 0.3 is 0 Å². The molecule has 1 amide bonds. The second-order valence-corrected chi connectivity index (χ2v) is 12.9. The highest BCUT2D eigenvalue weighted by atomic mass is 35.5. The van der Waals surface area contributed by atoms with Crippen molar-refractivity contribution >= 4 is 34.2 Å². The zero-order chi connectivity index (χ0) is 28.9. The third-order valence-electron chi connectivity index (χ3n) is 9.43. The predicted molar refractivity (Wildman–Crippen MR) is 151 cm³/mol. The molecule has 1 aliphatic heterocycles. The smallest absolute Gasteiger partial charge is 0.254 e. The molecule has 1 aromatic carbocycles. The molecule has 40 heavy (non-hydrogen) atoms. The van der Waals surface area contributed by atoms with Gasteiger partial charge in [0.05, 0.1) is 34.5 Å². The number of fused-ring (bicyclic) bond motifs is 5. The molecule has 3 aromatic rings. The summed E-state index contributed by atoms with van der Waals surface area (Å²) in [6.45, 7) is 9.91. The fraction of sp³-hybridized carbons (Fsp3) is 0.484. The second-order valence-electron chi connectivity index (χ2n) is 12.5. The standard InChI is InChI=1S/C31H33ClFN3O4/c1-6-31(40)18-11-22-27-17(13-36(22)29(39)15(18)8-10-23(31)37)25-20(35-28(38)14(2)30(3,4)5)9-7-16-24(25)21(34-27)12-19(33)26(16)32/h11-12,14,20,40H,6-10,13H2,1-5H3,(H,35,38)/t14-,20+,31+/m1/s1. The molecular formula is C31H33ClFN3O4. The van der Waals surface area contributed by atoms with Crippen LogP contribution in [0.5, 0.6) is 0 Å². The van der Waals surface area contributed by atoms with Crippen molar-refractivity contribution in [3.63, 3.8) is 0 Å². The molecule has 0 spiro atoms. The van der Waals surface area contributed by atoms with Crippen LogP contribution in [0.15, 0.2) is 16.9 Å². The van der Waals surface area contributed by atoms with Gasteiger partial charge in [0.2, 0.25) is 5.91 Å². The van der Waals surface area contributed by atoms with Gasteiger partial charge in [0.15, 0.2) is 5.78 Å². The minimum absolute atomic E-state index is 0.0537. The van der Waals surface area contributed by atoms with Crippen molar-refractivity contribution in [3.05, 3.63) is 61.1 Å². The molecule has 3 heterocycles. The third kappa shape index (κ3) is 3.72. The Kier molecular flexibility index (Phi) is 6.06. The van der Waals surface area contributed by atoms with Gasteiger partial charge in [0, 0.05) is 40.5 Å². The molecule has 0 fully saturated rings. The molecular weight excluding hydrogens is 533 g/mol. The molecule has 0 saturated carbocycles. The number of carbonyl (C=O) groups is 2. The summed E-state index contributed by atoms with van der Waals surface area (Å²) >= 11 is 6.45. The molecule has 2 aromatic heterocycles. The number of hydrogen-bond donors (Lipinski definition) is 2. The lowest BCUT2D eigenvalue weighted by molar-refractivity contribution is -0.140. The first-order valence-electron chi connectivity index (χ1n) is 13.9. The lowest BCUT2D eigenvalue weighted by Crippen LogP contribution is -2.43. The second kappa shape index (κ2) is 8.95. The van der Waals surface area contributed by atoms with Crippen molar-refractivity contribution < 1.29 is 19.1 Å². The van der Waals surface area contributed by atoms with Gasteiger partial charge in [0.1, 0.15) is 11.4 Å². The number of nitrogens with one attached hydrogen (secondary N) is 1. The Labute approximate surface area is 236 Å². The van der Waals surface area contributed by atoms with E-state index in [2.05, 4.69) is 5.32 Å². The Hall–Kier alpha value is -3.10. The molecule has 6 rings (SSSR count). The van der Waals surface area contributed by atoms with Crippen LogP contribution in [0.4, 0.5) is 4.39 Å². The monoisotopic (exact) mass is 565 g/mol. The minimum Gasteiger partial charge on any atom is -0.377 e. The van der Waals surface area contributed by atoms with E-state index in [1.165, 1.54) is 6.07 Å². The molecule has 0 bridgehead atoms. The maximum Gasteiger partial charge on any atom is 0.254 e. The number of hydrogen-bond acceptors (Lipinski definition) is 5. The Balaban J connectivity index is 1.60. The summed E-state index contributed by atoms with van der Waals surface area (Å²) in [5.74, 6) is -1.21. The van der Waals surface area contributed by atoms with Crippen LogP contribution in [-0.4, -0.2) is 26.3 Å². The van der Waals surface area contributed by atoms with Crippen LogP contribution in [0.2, 0.25) is 5.02 Å². The molecule has 0 unspecified atom stereocenters. The summed E-state index contributed by atoms with van der Waals surface area (Å²) in [5.41, 5.74) is 2.15. The normalized spacial score (nSPS) is 22.1. The molecule has 3 atom stereocenters. The molecule has 2 N–H and O–H groups in total. The van der Waals surface area contributed by atoms with E-state index >= 15 is 0 Å². The van der Waals surface area contributed by atoms with E-state index in [1.807, 2.05) is 27.7 Å². The number of aryl methyl sites for hydroxylation is 1. The van der Waals surface area contributed by atoms with E-state index in [0.29, 0.717) is 46.4 Å². The zero-order valence-electron chi connectivity index (χ0n) is 23.4. The minimum atomic E-state index is -1.73. The molecule has 0 radical (unpaired) electrons. The van der Waals surface area contributed by atoms with Crippen LogP contribution in [-0.2, 0) is 34.6 Å². The van der Waals surface area contributed by atoms with Gasteiger partial charge in [0.25, 0.3) is 5.56 Å². The Bertz CT molecular complexity index is 1710. The number of aromatic nitrogens is 2. The molecule has 3 aliphatic rings. The number of halogens is 2. The molecule has 7 nitrogen and oxygen atoms in total. The first-order valence-corrected chi connectivity index (χ1v) is 14.3. The Morgan fingerprint density at radius 1 is 1.23 bits per heavy atom. The number of rotatable bonds is 3. The van der Waals surface area contributed by atoms with Crippen molar-refractivity contribution in [2.75, 3.05) is 0 Å². The number of aliphatic hydroxyl groups is 1. The molecule has 210 valence electrons. The summed E-state index contributed by atoms with van der Waals surface area (Å²) in [6, 6.07) is 2.64. The zero-order valence-corrected chi connectivity index (χ0v) is 24.1. The van der Waals surface area contributed by atoms with E-state index in [-0.39, 0.29) is 65.5 Å². The van der Waals surface area contributed by atoms with Crippen molar-refractivity contribution in [3.8, 4) is 11.4 Å². The van der Waals surface area contributed by atoms with Crippen LogP contribution in [0, 0.1) is 17.2 Å². The van der Waals surface area contributed by atoms with Gasteiger partial charge < -0.3 is 15.0 Å². The first-order chi connectivity index (χ1) is 18.8. The molecule has 0 saturated heterocycles. The van der Waals surface area contributed by atoms with Crippen LogP contribution in [0.1, 0.15) is 87.7 Å². The number of benzene rings is 1. The number of Topliss-reactive ketones (excluding diaryl/α,β-unsaturated/α-hetero) is 1. The van der Waals surface area contributed by atoms with Crippen LogP contribution >= 0.6 is 11.6 Å². The van der Waals surface area contributed by atoms with Crippen LogP contribution in [0.3, 0.4) is 0 Å². The summed E-state index contributed by atoms with van der Waals surface area (Å²) in [4.78, 5) is 44.7. The number of ketones is 1. The highest BCUT2D eigenvalue weighted by Crippen LogP contribution is 2.47. The van der Waals surface area contributed by atoms with Gasteiger partial charge in [-0.25, -0.2) is 9.37 Å². The third-order valence-corrected chi connectivity index (χ3v) is 9.84.